The second-order valence-electron chi connectivity index (χ2n) is 4.74. The molecular formula is C16H15NS. The molecule has 1 aliphatic rings. The fourth-order valence-corrected chi connectivity index (χ4v) is 3.20. The lowest BCUT2D eigenvalue weighted by molar-refractivity contribution is 1.12. The molecule has 18 heavy (non-hydrogen) atoms. The van der Waals surface area contributed by atoms with Crippen LogP contribution >= 0.6 is 11.8 Å². The van der Waals surface area contributed by atoms with E-state index >= 15 is 0 Å². The first-order chi connectivity index (χ1) is 8.63. The van der Waals surface area contributed by atoms with Gasteiger partial charge in [-0.15, -0.1) is 0 Å². The summed E-state index contributed by atoms with van der Waals surface area (Å²) in [6.07, 6.45) is 2.25. The molecule has 0 aliphatic carbocycles. The highest BCUT2D eigenvalue weighted by Crippen LogP contribution is 2.34. The average molecular weight is 253 g/mol. The molecular weight excluding hydrogens is 238 g/mol. The Morgan fingerprint density at radius 1 is 1.00 bits per heavy atom. The van der Waals surface area contributed by atoms with Crippen molar-refractivity contribution in [3.05, 3.63) is 52.4 Å². The predicted octanol–water partition coefficient (Wildman–Crippen LogP) is 2.46. The molecule has 3 rings (SSSR count). The molecule has 0 atom stereocenters. The van der Waals surface area contributed by atoms with Crippen LogP contribution in [0.3, 0.4) is 0 Å². The normalized spacial score (nSPS) is 12.3. The molecule has 2 aromatic rings. The highest BCUT2D eigenvalue weighted by Gasteiger charge is 2.11. The van der Waals surface area contributed by atoms with Crippen LogP contribution in [0.25, 0.3) is 12.7 Å². The van der Waals surface area contributed by atoms with E-state index in [1.54, 1.807) is 0 Å². The van der Waals surface area contributed by atoms with E-state index in [-0.39, 0.29) is 0 Å². The average Bonchev–Trinajstić information content (AvgIpc) is 2.35. The van der Waals surface area contributed by atoms with Gasteiger partial charge in [0.05, 0.1) is 0 Å². The predicted molar refractivity (Wildman–Crippen MR) is 79.7 cm³/mol. The maximum atomic E-state index is 3.99. The maximum absolute atomic E-state index is 3.99. The van der Waals surface area contributed by atoms with Gasteiger partial charge in [0.1, 0.15) is 0 Å². The lowest BCUT2D eigenvalue weighted by Gasteiger charge is -2.17. The van der Waals surface area contributed by atoms with Crippen molar-refractivity contribution in [1.29, 1.82) is 0 Å². The highest BCUT2D eigenvalue weighted by atomic mass is 32.2. The largest absolute Gasteiger partial charge is 0.378 e. The second kappa shape index (κ2) is 4.21. The monoisotopic (exact) mass is 253 g/mol. The summed E-state index contributed by atoms with van der Waals surface area (Å²) in [6.45, 7) is 3.99. The van der Waals surface area contributed by atoms with E-state index in [0.29, 0.717) is 0 Å². The molecule has 0 N–H and O–H groups in total. The highest BCUT2D eigenvalue weighted by molar-refractivity contribution is 7.99. The first kappa shape index (κ1) is 11.4. The second-order valence-corrected chi connectivity index (χ2v) is 5.82. The summed E-state index contributed by atoms with van der Waals surface area (Å²) >= 11 is 1.83. The molecule has 0 spiro atoms. The molecule has 0 aromatic heterocycles. The summed E-state index contributed by atoms with van der Waals surface area (Å²) in [7, 11) is 4.14. The number of hydrogen-bond acceptors (Lipinski definition) is 2. The number of fused-ring (bicyclic) bond motifs is 2. The Kier molecular flexibility index (Phi) is 2.67. The number of nitrogens with zero attached hydrogens (tertiary/aromatic N) is 1. The van der Waals surface area contributed by atoms with Crippen LogP contribution in [0.5, 0.6) is 0 Å². The van der Waals surface area contributed by atoms with Gasteiger partial charge in [-0.1, -0.05) is 36.5 Å². The number of hydrogen-bond donors (Lipinski definition) is 0. The third-order valence-electron chi connectivity index (χ3n) is 3.12. The summed E-state index contributed by atoms with van der Waals surface area (Å²) in [4.78, 5) is 4.75. The van der Waals surface area contributed by atoms with Crippen LogP contribution in [0.4, 0.5) is 5.69 Å². The van der Waals surface area contributed by atoms with E-state index < -0.39 is 0 Å². The topological polar surface area (TPSA) is 3.24 Å². The summed E-state index contributed by atoms with van der Waals surface area (Å²) < 4.78 is 0. The smallest absolute Gasteiger partial charge is 0.0372 e. The molecule has 1 aliphatic heterocycles. The van der Waals surface area contributed by atoms with Crippen molar-refractivity contribution in [3.8, 4) is 0 Å². The van der Waals surface area contributed by atoms with Gasteiger partial charge in [0.25, 0.3) is 0 Å². The van der Waals surface area contributed by atoms with Crippen molar-refractivity contribution in [2.75, 3.05) is 19.0 Å². The van der Waals surface area contributed by atoms with Crippen LogP contribution in [0.1, 0.15) is 5.56 Å². The van der Waals surface area contributed by atoms with E-state index in [1.807, 2.05) is 11.8 Å². The molecule has 1 nitrogen and oxygen atoms in total. The van der Waals surface area contributed by atoms with Crippen LogP contribution in [0.2, 0.25) is 0 Å². The third-order valence-corrected chi connectivity index (χ3v) is 4.27. The summed E-state index contributed by atoms with van der Waals surface area (Å²) in [5, 5.41) is 2.36. The first-order valence-corrected chi connectivity index (χ1v) is 6.75. The Morgan fingerprint density at radius 2 is 1.83 bits per heavy atom. The first-order valence-electron chi connectivity index (χ1n) is 5.93. The Bertz CT molecular complexity index is 716. The van der Waals surface area contributed by atoms with Gasteiger partial charge in [0, 0.05) is 29.6 Å². The van der Waals surface area contributed by atoms with Gasteiger partial charge < -0.3 is 4.90 Å². The van der Waals surface area contributed by atoms with Gasteiger partial charge in [-0.05, 0) is 40.3 Å². The maximum Gasteiger partial charge on any atom is 0.0372 e. The minimum Gasteiger partial charge on any atom is -0.378 e. The van der Waals surface area contributed by atoms with Gasteiger partial charge >= 0.3 is 0 Å². The van der Waals surface area contributed by atoms with Crippen molar-refractivity contribution in [3.63, 3.8) is 0 Å². The summed E-state index contributed by atoms with van der Waals surface area (Å²) in [5.41, 5.74) is 2.54. The molecule has 0 fully saturated rings. The van der Waals surface area contributed by atoms with Crippen molar-refractivity contribution in [1.82, 2.24) is 0 Å². The van der Waals surface area contributed by atoms with Crippen LogP contribution in [-0.4, -0.2) is 14.1 Å². The summed E-state index contributed by atoms with van der Waals surface area (Å²) in [5.74, 6) is 0. The molecule has 0 unspecified atom stereocenters. The van der Waals surface area contributed by atoms with Crippen molar-refractivity contribution in [2.24, 2.45) is 0 Å². The zero-order valence-electron chi connectivity index (χ0n) is 10.6. The van der Waals surface area contributed by atoms with E-state index in [2.05, 4.69) is 68.0 Å². The molecule has 0 saturated heterocycles. The number of rotatable bonds is 1. The Hall–Kier alpha value is -1.67. The number of anilines is 1. The quantitative estimate of drug-likeness (QED) is 0.655. The lowest BCUT2D eigenvalue weighted by Crippen LogP contribution is -2.14. The molecule has 0 saturated carbocycles. The molecule has 1 heterocycles. The summed E-state index contributed by atoms with van der Waals surface area (Å²) in [6, 6.07) is 13.0. The van der Waals surface area contributed by atoms with Gasteiger partial charge in [-0.25, -0.2) is 0 Å². The van der Waals surface area contributed by atoms with Gasteiger partial charge in [-0.3, -0.25) is 0 Å². The van der Waals surface area contributed by atoms with Crippen molar-refractivity contribution < 1.29 is 0 Å². The fraction of sp³-hybridized carbons (Fsp3) is 0.125. The van der Waals surface area contributed by atoms with Crippen LogP contribution < -0.4 is 15.3 Å². The Morgan fingerprint density at radius 3 is 2.61 bits per heavy atom. The van der Waals surface area contributed by atoms with E-state index in [1.165, 1.54) is 26.3 Å². The molecule has 2 heteroatoms. The zero-order valence-corrected chi connectivity index (χ0v) is 11.4. The van der Waals surface area contributed by atoms with E-state index in [4.69, 9.17) is 0 Å². The molecule has 90 valence electrons. The van der Waals surface area contributed by atoms with Crippen molar-refractivity contribution in [2.45, 2.75) is 9.79 Å². The SMILES string of the molecule is C=c1ccc2c(c1)Sc1cc(N(C)C)ccc1C=2. The van der Waals surface area contributed by atoms with Crippen LogP contribution in [0, 0.1) is 0 Å². The van der Waals surface area contributed by atoms with E-state index in [9.17, 15) is 0 Å². The fourth-order valence-electron chi connectivity index (χ4n) is 2.08. The minimum absolute atomic E-state index is 1.07. The Balaban J connectivity index is 2.18. The number of benzene rings is 2. The van der Waals surface area contributed by atoms with Gasteiger partial charge in [0.2, 0.25) is 0 Å². The van der Waals surface area contributed by atoms with Gasteiger partial charge in [0.15, 0.2) is 0 Å². The van der Waals surface area contributed by atoms with Crippen molar-refractivity contribution >= 4 is 30.1 Å². The zero-order chi connectivity index (χ0) is 12.7. The van der Waals surface area contributed by atoms with Crippen LogP contribution in [-0.2, 0) is 0 Å². The Labute approximate surface area is 111 Å². The lowest BCUT2D eigenvalue weighted by atomic mass is 10.1. The minimum atomic E-state index is 1.07. The van der Waals surface area contributed by atoms with Gasteiger partial charge in [-0.2, -0.15) is 0 Å². The van der Waals surface area contributed by atoms with Crippen LogP contribution in [0.15, 0.2) is 46.2 Å². The van der Waals surface area contributed by atoms with E-state index in [0.717, 1.165) is 5.22 Å². The third kappa shape index (κ3) is 1.93. The standard InChI is InChI=1S/C16H15NS/c1-11-4-5-12-9-13-6-7-14(17(2)3)10-16(13)18-15(12)8-11/h4-10H,1H2,2-3H3. The molecule has 2 aromatic carbocycles. The molecule has 0 amide bonds. The molecule has 0 bridgehead atoms. The molecule has 0 radical (unpaired) electrons.